The van der Waals surface area contributed by atoms with Crippen LogP contribution in [0, 0.1) is 35.0 Å². The van der Waals surface area contributed by atoms with Crippen molar-refractivity contribution in [2.45, 2.75) is 13.0 Å². The largest absolute Gasteiger partial charge is 0.278 e. The molecule has 2 aliphatic carbocycles. The first-order chi connectivity index (χ1) is 12.7. The van der Waals surface area contributed by atoms with E-state index in [4.69, 9.17) is 5.26 Å². The van der Waals surface area contributed by atoms with Gasteiger partial charge in [-0.05, 0) is 47.6 Å². The first kappa shape index (κ1) is 15.5. The lowest BCUT2D eigenvalue weighted by Gasteiger charge is -2.17. The molecule has 5 heteroatoms. The second kappa shape index (κ2) is 5.65. The summed E-state index contributed by atoms with van der Waals surface area (Å²) in [5, 5.41) is 9.00. The van der Waals surface area contributed by atoms with Gasteiger partial charge in [0.1, 0.15) is 10.9 Å². The Balaban J connectivity index is 1.41. The molecule has 1 saturated carbocycles. The van der Waals surface area contributed by atoms with E-state index in [9.17, 15) is 9.59 Å². The van der Waals surface area contributed by atoms with E-state index >= 15 is 0 Å². The number of hydrogen-bond acceptors (Lipinski definition) is 4. The third-order valence-corrected chi connectivity index (χ3v) is 6.87. The van der Waals surface area contributed by atoms with Gasteiger partial charge in [-0.15, -0.1) is 11.3 Å². The van der Waals surface area contributed by atoms with E-state index in [-0.39, 0.29) is 35.5 Å². The first-order valence-corrected chi connectivity index (χ1v) is 9.60. The summed E-state index contributed by atoms with van der Waals surface area (Å²) < 4.78 is 0. The fraction of sp³-hybridized carbons (Fsp3) is 0.286. The third kappa shape index (κ3) is 2.19. The quantitative estimate of drug-likeness (QED) is 0.621. The number of benzene rings is 1. The van der Waals surface area contributed by atoms with Gasteiger partial charge in [0.15, 0.2) is 0 Å². The van der Waals surface area contributed by atoms with Gasteiger partial charge < -0.3 is 0 Å². The zero-order chi connectivity index (χ0) is 17.8. The number of fused-ring (bicyclic) bond motifs is 5. The lowest BCUT2D eigenvalue weighted by atomic mass is 9.85. The van der Waals surface area contributed by atoms with E-state index in [0.717, 1.165) is 22.4 Å². The Morgan fingerprint density at radius 3 is 2.46 bits per heavy atom. The lowest BCUT2D eigenvalue weighted by Crippen LogP contribution is -2.32. The van der Waals surface area contributed by atoms with Crippen LogP contribution in [0.2, 0.25) is 0 Å². The number of rotatable bonds is 3. The molecule has 2 amide bonds. The van der Waals surface area contributed by atoms with E-state index < -0.39 is 0 Å². The van der Waals surface area contributed by atoms with Crippen molar-refractivity contribution in [1.82, 2.24) is 4.90 Å². The maximum absolute atomic E-state index is 12.8. The number of nitrogens with zero attached hydrogens (tertiary/aromatic N) is 2. The number of carbonyl (C=O) groups is 2. The summed E-state index contributed by atoms with van der Waals surface area (Å²) in [7, 11) is 0. The van der Waals surface area contributed by atoms with Crippen LogP contribution in [0.5, 0.6) is 0 Å². The Bertz CT molecular complexity index is 969. The number of carbonyl (C=O) groups excluding carboxylic acids is 2. The Morgan fingerprint density at radius 2 is 1.81 bits per heavy atom. The van der Waals surface area contributed by atoms with Gasteiger partial charge in [-0.25, -0.2) is 0 Å². The second-order valence-electron chi connectivity index (χ2n) is 7.24. The highest BCUT2D eigenvalue weighted by Crippen LogP contribution is 2.52. The molecule has 3 aliphatic rings. The molecule has 4 atom stereocenters. The maximum Gasteiger partial charge on any atom is 0.234 e. The van der Waals surface area contributed by atoms with Gasteiger partial charge in [0.2, 0.25) is 11.8 Å². The molecule has 2 heterocycles. The second-order valence-corrected chi connectivity index (χ2v) is 8.32. The van der Waals surface area contributed by atoms with Crippen molar-refractivity contribution >= 4 is 23.2 Å². The average Bonchev–Trinajstić information content (AvgIpc) is 3.42. The SMILES string of the molecule is N#Cc1ccc(-c2cccc(CN3C(=O)C4C5C=CC(C5)C4C3=O)c2)s1. The molecule has 0 radical (unpaired) electrons. The van der Waals surface area contributed by atoms with Crippen molar-refractivity contribution in [3.63, 3.8) is 0 Å². The average molecular weight is 360 g/mol. The summed E-state index contributed by atoms with van der Waals surface area (Å²) in [5.74, 6) is 0.184. The van der Waals surface area contributed by atoms with E-state index in [1.807, 2.05) is 36.4 Å². The summed E-state index contributed by atoms with van der Waals surface area (Å²) >= 11 is 1.44. The van der Waals surface area contributed by atoms with Crippen LogP contribution in [0.1, 0.15) is 16.9 Å². The summed E-state index contributed by atoms with van der Waals surface area (Å²) in [4.78, 5) is 28.8. The Labute approximate surface area is 155 Å². The van der Waals surface area contributed by atoms with E-state index in [1.165, 1.54) is 16.2 Å². The van der Waals surface area contributed by atoms with Crippen molar-refractivity contribution in [1.29, 1.82) is 5.26 Å². The number of hydrogen-bond donors (Lipinski definition) is 0. The molecule has 128 valence electrons. The number of amides is 2. The molecule has 0 spiro atoms. The van der Waals surface area contributed by atoms with Gasteiger partial charge in [0.25, 0.3) is 0 Å². The van der Waals surface area contributed by atoms with Crippen molar-refractivity contribution in [2.75, 3.05) is 0 Å². The fourth-order valence-electron chi connectivity index (χ4n) is 4.68. The molecule has 1 aromatic heterocycles. The van der Waals surface area contributed by atoms with Gasteiger partial charge in [-0.2, -0.15) is 5.26 Å². The molecule has 2 aromatic rings. The highest BCUT2D eigenvalue weighted by Gasteiger charge is 2.59. The molecule has 4 unspecified atom stereocenters. The molecule has 1 aliphatic heterocycles. The predicted octanol–water partition coefficient (Wildman–Crippen LogP) is 3.59. The highest BCUT2D eigenvalue weighted by molar-refractivity contribution is 7.16. The van der Waals surface area contributed by atoms with Crippen LogP contribution in [0.4, 0.5) is 0 Å². The van der Waals surface area contributed by atoms with Crippen molar-refractivity contribution in [3.05, 3.63) is 59.0 Å². The van der Waals surface area contributed by atoms with Gasteiger partial charge in [-0.3, -0.25) is 14.5 Å². The molecule has 0 N–H and O–H groups in total. The standard InChI is InChI=1S/C21H16N2O2S/c22-10-16-6-7-17(26-16)13-3-1-2-12(8-13)11-23-20(24)18-14-4-5-15(9-14)19(18)21(23)25/h1-8,14-15,18-19H,9,11H2. The van der Waals surface area contributed by atoms with Gasteiger partial charge >= 0.3 is 0 Å². The normalized spacial score (nSPS) is 28.7. The number of imide groups is 1. The molecule has 2 fully saturated rings. The highest BCUT2D eigenvalue weighted by atomic mass is 32.1. The summed E-state index contributed by atoms with van der Waals surface area (Å²) in [5.41, 5.74) is 1.95. The van der Waals surface area contributed by atoms with Crippen LogP contribution in [-0.4, -0.2) is 16.7 Å². The van der Waals surface area contributed by atoms with Gasteiger partial charge in [0.05, 0.1) is 18.4 Å². The third-order valence-electron chi connectivity index (χ3n) is 5.83. The molecular formula is C21H16N2O2S. The summed E-state index contributed by atoms with van der Waals surface area (Å²) in [6, 6.07) is 13.8. The van der Waals surface area contributed by atoms with Crippen LogP contribution < -0.4 is 0 Å². The van der Waals surface area contributed by atoms with Gasteiger partial charge in [0, 0.05) is 4.88 Å². The van der Waals surface area contributed by atoms with Crippen LogP contribution >= 0.6 is 11.3 Å². The molecule has 4 nitrogen and oxygen atoms in total. The molecule has 1 saturated heterocycles. The van der Waals surface area contributed by atoms with Crippen LogP contribution in [0.15, 0.2) is 48.6 Å². The molecule has 2 bridgehead atoms. The van der Waals surface area contributed by atoms with Crippen molar-refractivity contribution in [3.8, 4) is 16.5 Å². The molecule has 5 rings (SSSR count). The summed E-state index contributed by atoms with van der Waals surface area (Å²) in [6.07, 6.45) is 5.19. The number of allylic oxidation sites excluding steroid dienone is 2. The topological polar surface area (TPSA) is 61.2 Å². The number of likely N-dealkylation sites (tertiary alicyclic amines) is 1. The van der Waals surface area contributed by atoms with Crippen molar-refractivity contribution in [2.24, 2.45) is 23.7 Å². The zero-order valence-corrected chi connectivity index (χ0v) is 14.8. The van der Waals surface area contributed by atoms with Gasteiger partial charge in [-0.1, -0.05) is 30.4 Å². The zero-order valence-electron chi connectivity index (χ0n) is 14.0. The predicted molar refractivity (Wildman–Crippen MR) is 97.7 cm³/mol. The molecular weight excluding hydrogens is 344 g/mol. The number of thiophene rings is 1. The summed E-state index contributed by atoms with van der Waals surface area (Å²) in [6.45, 7) is 0.328. The minimum Gasteiger partial charge on any atom is -0.278 e. The van der Waals surface area contributed by atoms with E-state index in [2.05, 4.69) is 18.2 Å². The monoisotopic (exact) mass is 360 g/mol. The Hall–Kier alpha value is -2.71. The molecule has 26 heavy (non-hydrogen) atoms. The van der Waals surface area contributed by atoms with Crippen molar-refractivity contribution < 1.29 is 9.59 Å². The Morgan fingerprint density at radius 1 is 1.08 bits per heavy atom. The van der Waals surface area contributed by atoms with E-state index in [0.29, 0.717) is 11.4 Å². The fourth-order valence-corrected chi connectivity index (χ4v) is 5.48. The maximum atomic E-state index is 12.8. The van der Waals surface area contributed by atoms with Crippen LogP contribution in [0.25, 0.3) is 10.4 Å². The smallest absolute Gasteiger partial charge is 0.234 e. The van der Waals surface area contributed by atoms with Crippen LogP contribution in [-0.2, 0) is 16.1 Å². The van der Waals surface area contributed by atoms with Crippen LogP contribution in [0.3, 0.4) is 0 Å². The minimum absolute atomic E-state index is 0.00913. The Kier molecular flexibility index (Phi) is 3.38. The first-order valence-electron chi connectivity index (χ1n) is 8.78. The number of nitriles is 1. The lowest BCUT2D eigenvalue weighted by molar-refractivity contribution is -0.141. The minimum atomic E-state index is -0.142. The molecule has 1 aromatic carbocycles. The van der Waals surface area contributed by atoms with E-state index in [1.54, 1.807) is 0 Å².